The van der Waals surface area contributed by atoms with Gasteiger partial charge >= 0.3 is 0 Å². The summed E-state index contributed by atoms with van der Waals surface area (Å²) in [5.41, 5.74) is 14.9. The molecule has 0 unspecified atom stereocenters. The van der Waals surface area contributed by atoms with Gasteiger partial charge in [0.15, 0.2) is 0 Å². The summed E-state index contributed by atoms with van der Waals surface area (Å²) in [5, 5.41) is 6.04. The Kier molecular flexibility index (Phi) is 33.0. The van der Waals surface area contributed by atoms with E-state index >= 15 is 0 Å². The zero-order valence-corrected chi connectivity index (χ0v) is 83.1. The van der Waals surface area contributed by atoms with Gasteiger partial charge in [-0.1, -0.05) is 173 Å². The van der Waals surface area contributed by atoms with E-state index in [1.165, 1.54) is 36.4 Å². The average molecular weight is 2020 g/mol. The maximum atomic E-state index is 14.2. The monoisotopic (exact) mass is 2010 g/mol. The second-order valence-electron chi connectivity index (χ2n) is 33.0. The number of ether oxygens (including phenoxy) is 5. The Morgan fingerprint density at radius 1 is 0.328 bits per heavy atom. The molecular formula is C106H98Cl6N8O14S3. The number of aryl methyl sites for hydroxylation is 11. The van der Waals surface area contributed by atoms with Crippen LogP contribution in [0.15, 0.2) is 288 Å². The quantitative estimate of drug-likeness (QED) is 0.0316. The fraction of sp³-hybridized carbons (Fsp3) is 0.198. The molecule has 0 aliphatic heterocycles. The third kappa shape index (κ3) is 25.2. The van der Waals surface area contributed by atoms with Crippen LogP contribution in [0.25, 0.3) is 32.7 Å². The molecule has 0 aliphatic carbocycles. The SMILES string of the molecule is Cc1cc(OCCCc2c(C(=O)NS(=O)(=O)c3ccc(OCc4ccccc4)cc3)n(C)c3cc(Cl)ccc23)cc(C)c1Cl.Cc1cc(OCCCc2c(C(=O)NS(=O)(=O)c3ccc(OCc4ccccc4)cc3)n(Cc3cccnc3)c3cc(Cl)ccc23)cc(C)c1Cl.Cc1cccc(S(=O)(=O)NC(=O)c2c(CCCOc3cc(C)c(Cl)c(C)c3)c3ccc(Cl)cc3n2Cc2cccnc2)c1. The summed E-state index contributed by atoms with van der Waals surface area (Å²) in [5.74, 6) is 0.934. The molecule has 0 atom stereocenters. The minimum atomic E-state index is -4.26. The zero-order valence-electron chi connectivity index (χ0n) is 76.1. The largest absolute Gasteiger partial charge is 0.494 e. The number of halogens is 6. The number of sulfonamides is 3. The van der Waals surface area contributed by atoms with Crippen LogP contribution < -0.4 is 37.9 Å². The molecule has 5 heterocycles. The number of amides is 3. The van der Waals surface area contributed by atoms with Gasteiger partial charge in [-0.05, 0) is 310 Å². The molecule has 0 aliphatic rings. The molecular weight excluding hydrogens is 1920 g/mol. The van der Waals surface area contributed by atoms with Crippen LogP contribution in [-0.4, -0.2) is 86.5 Å². The molecule has 3 amide bonds. The smallest absolute Gasteiger partial charge is 0.281 e. The van der Waals surface area contributed by atoms with Gasteiger partial charge in [0.2, 0.25) is 0 Å². The van der Waals surface area contributed by atoms with Gasteiger partial charge in [-0.2, -0.15) is 0 Å². The normalized spacial score (nSPS) is 11.5. The second-order valence-corrected chi connectivity index (χ2v) is 40.5. The molecule has 31 heteroatoms. The molecule has 0 bridgehead atoms. The predicted octanol–water partition coefficient (Wildman–Crippen LogP) is 24.0. The van der Waals surface area contributed by atoms with Crippen LogP contribution in [-0.2, 0) is 82.7 Å². The lowest BCUT2D eigenvalue weighted by Gasteiger charge is -2.14. The second kappa shape index (κ2) is 45.1. The number of carbonyl (C=O) groups is 3. The minimum absolute atomic E-state index is 0.0160. The van der Waals surface area contributed by atoms with Crippen LogP contribution in [0.4, 0.5) is 0 Å². The molecule has 16 aromatic rings. The Balaban J connectivity index is 0.000000165. The van der Waals surface area contributed by atoms with Gasteiger partial charge in [0.05, 0.1) is 51.1 Å². The number of hydrogen-bond donors (Lipinski definition) is 3. The van der Waals surface area contributed by atoms with Crippen LogP contribution in [0, 0.1) is 48.5 Å². The highest BCUT2D eigenvalue weighted by atomic mass is 35.5. The van der Waals surface area contributed by atoms with Crippen molar-refractivity contribution < 1.29 is 63.3 Å². The average Bonchev–Trinajstić information content (AvgIpc) is 1.61. The maximum Gasteiger partial charge on any atom is 0.281 e. The van der Waals surface area contributed by atoms with E-state index in [2.05, 4.69) is 24.1 Å². The minimum Gasteiger partial charge on any atom is -0.494 e. The Bertz CT molecular complexity index is 7420. The lowest BCUT2D eigenvalue weighted by Crippen LogP contribution is -2.33. The number of nitrogens with zero attached hydrogens (tertiary/aromatic N) is 5. The summed E-state index contributed by atoms with van der Waals surface area (Å²) in [7, 11) is -10.9. The number of carbonyl (C=O) groups excluding carboxylic acids is 3. The number of fused-ring (bicyclic) bond motifs is 3. The van der Waals surface area contributed by atoms with Crippen LogP contribution in [0.2, 0.25) is 30.1 Å². The first-order chi connectivity index (χ1) is 65.6. The number of pyridine rings is 2. The molecule has 706 valence electrons. The summed E-state index contributed by atoms with van der Waals surface area (Å²) in [4.78, 5) is 50.1. The van der Waals surface area contributed by atoms with Gasteiger partial charge in [0, 0.05) is 91.2 Å². The van der Waals surface area contributed by atoms with E-state index in [1.54, 1.807) is 125 Å². The summed E-state index contributed by atoms with van der Waals surface area (Å²) in [6.07, 6.45) is 9.82. The summed E-state index contributed by atoms with van der Waals surface area (Å²) >= 11 is 38.1. The summed E-state index contributed by atoms with van der Waals surface area (Å²) in [6, 6.07) is 72.6. The molecule has 137 heavy (non-hydrogen) atoms. The maximum absolute atomic E-state index is 14.2. The van der Waals surface area contributed by atoms with E-state index in [1.807, 2.05) is 181 Å². The van der Waals surface area contributed by atoms with Crippen molar-refractivity contribution in [3.05, 3.63) is 399 Å². The van der Waals surface area contributed by atoms with Gasteiger partial charge in [-0.25, -0.2) is 39.4 Å². The lowest BCUT2D eigenvalue weighted by atomic mass is 10.1. The lowest BCUT2D eigenvalue weighted by molar-refractivity contribution is 0.0963. The summed E-state index contributed by atoms with van der Waals surface area (Å²) in [6.45, 7) is 15.7. The van der Waals surface area contributed by atoms with Crippen LogP contribution in [0.3, 0.4) is 0 Å². The van der Waals surface area contributed by atoms with Gasteiger partial charge in [-0.3, -0.25) is 24.4 Å². The van der Waals surface area contributed by atoms with E-state index < -0.39 is 47.8 Å². The molecule has 5 aromatic heterocycles. The van der Waals surface area contributed by atoms with Crippen LogP contribution >= 0.6 is 69.6 Å². The Hall–Kier alpha value is -12.7. The Labute approximate surface area is 826 Å². The molecule has 0 saturated carbocycles. The van der Waals surface area contributed by atoms with E-state index in [0.29, 0.717) is 152 Å². The van der Waals surface area contributed by atoms with Crippen LogP contribution in [0.1, 0.15) is 129 Å². The molecule has 11 aromatic carbocycles. The first-order valence-corrected chi connectivity index (χ1v) is 50.5. The number of benzene rings is 11. The third-order valence-electron chi connectivity index (χ3n) is 22.8. The number of hydrogen-bond acceptors (Lipinski definition) is 16. The molecule has 3 N–H and O–H groups in total. The fourth-order valence-electron chi connectivity index (χ4n) is 16.2. The van der Waals surface area contributed by atoms with E-state index in [0.717, 1.165) is 88.6 Å². The highest BCUT2D eigenvalue weighted by molar-refractivity contribution is 7.90. The van der Waals surface area contributed by atoms with Crippen molar-refractivity contribution in [2.75, 3.05) is 19.8 Å². The topological polar surface area (TPSA) is 276 Å². The third-order valence-corrected chi connectivity index (χ3v) is 29.3. The molecule has 22 nitrogen and oxygen atoms in total. The zero-order chi connectivity index (χ0) is 97.4. The van der Waals surface area contributed by atoms with Gasteiger partial charge in [0.25, 0.3) is 47.8 Å². The Morgan fingerprint density at radius 3 is 1.01 bits per heavy atom. The molecule has 0 saturated heterocycles. The van der Waals surface area contributed by atoms with Gasteiger partial charge in [0.1, 0.15) is 59.0 Å². The first kappa shape index (κ1) is 100. The van der Waals surface area contributed by atoms with Crippen molar-refractivity contribution in [2.45, 2.75) is 128 Å². The highest BCUT2D eigenvalue weighted by Gasteiger charge is 2.32. The van der Waals surface area contributed by atoms with Crippen molar-refractivity contribution in [3.8, 4) is 28.7 Å². The van der Waals surface area contributed by atoms with Crippen molar-refractivity contribution in [1.82, 2.24) is 37.8 Å². The molecule has 0 fully saturated rings. The standard InChI is InChI=1S/C39H35Cl2N3O5S.C34H32Cl2N2O5S.C33H31Cl2N3O4S/c1-26-20-32(21-27(2)37(26)41)48-19-7-11-35-34-17-12-30(40)22-36(34)44(24-29-10-6-18-42-23-29)38(35)39(45)43-50(46,47)33-15-13-31(14-16-33)49-25-28-8-4-3-5-9-28;1-22-18-27(19-23(2)32(22)36)42-17-7-10-30-29-16-11-25(35)20-31(29)38(3)33(30)34(39)37-44(40,41)28-14-12-26(13-15-28)43-21-24-8-5-4-6-9-24;1-21-7-4-9-27(15-21)43(40,41)37-33(39)32-29(10-6-14-42-26-16-22(2)31(35)23(3)17-26)28-12-11-25(34)18-30(28)38(32)20-24-8-5-13-36-19-24/h3-6,8-10,12-18,20-23H,7,11,19,24-25H2,1-2H3,(H,43,45);4-6,8-9,11-16,18-20H,7,10,17,21H2,1-3H3,(H,37,39);4-5,7-9,11-13,15-19H,6,10,14,20H2,1-3H3,(H,37,39). The Morgan fingerprint density at radius 2 is 0.657 bits per heavy atom. The highest BCUT2D eigenvalue weighted by Crippen LogP contribution is 2.38. The van der Waals surface area contributed by atoms with E-state index in [-0.39, 0.29) is 44.9 Å². The summed E-state index contributed by atoms with van der Waals surface area (Å²) < 4.78 is 122. The van der Waals surface area contributed by atoms with E-state index in [4.69, 9.17) is 93.3 Å². The number of aromatic nitrogens is 5. The molecule has 0 radical (unpaired) electrons. The first-order valence-electron chi connectivity index (χ1n) is 43.8. The number of rotatable bonds is 34. The van der Waals surface area contributed by atoms with Gasteiger partial charge < -0.3 is 37.4 Å². The predicted molar refractivity (Wildman–Crippen MR) is 542 cm³/mol. The number of nitrogens with one attached hydrogen (secondary N) is 3. The van der Waals surface area contributed by atoms with E-state index in [9.17, 15) is 39.6 Å². The fourth-order valence-corrected chi connectivity index (χ4v) is 20.0. The van der Waals surface area contributed by atoms with Crippen molar-refractivity contribution in [3.63, 3.8) is 0 Å². The van der Waals surface area contributed by atoms with Crippen molar-refractivity contribution in [2.24, 2.45) is 7.05 Å². The molecule has 0 spiro atoms. The van der Waals surface area contributed by atoms with Crippen molar-refractivity contribution >= 4 is 150 Å². The van der Waals surface area contributed by atoms with Crippen LogP contribution in [0.5, 0.6) is 28.7 Å². The molecule has 16 rings (SSSR count). The van der Waals surface area contributed by atoms with Crippen molar-refractivity contribution in [1.29, 1.82) is 0 Å². The van der Waals surface area contributed by atoms with Gasteiger partial charge in [-0.15, -0.1) is 0 Å².